The van der Waals surface area contributed by atoms with Gasteiger partial charge in [-0.05, 0) is 13.0 Å². The molecule has 0 aliphatic heterocycles. The lowest BCUT2D eigenvalue weighted by Gasteiger charge is -1.92. The molecule has 0 aliphatic carbocycles. The highest BCUT2D eigenvalue weighted by atomic mass is 16.5. The van der Waals surface area contributed by atoms with Gasteiger partial charge in [-0.15, -0.1) is 0 Å². The van der Waals surface area contributed by atoms with Gasteiger partial charge in [0.25, 0.3) is 0 Å². The van der Waals surface area contributed by atoms with Crippen molar-refractivity contribution in [3.05, 3.63) is 24.3 Å². The van der Waals surface area contributed by atoms with Gasteiger partial charge in [-0.25, -0.2) is 4.79 Å². The minimum atomic E-state index is -0.393. The molecule has 0 fully saturated rings. The minimum absolute atomic E-state index is 0.0357. The van der Waals surface area contributed by atoms with E-state index in [1.807, 2.05) is 0 Å². The zero-order valence-electron chi connectivity index (χ0n) is 7.95. The molecular weight excluding hydrogens is 168 g/mol. The topological polar surface area (TPSA) is 43.4 Å². The molecule has 0 aromatic rings. The number of allylic oxidation sites excluding steroid dienone is 3. The quantitative estimate of drug-likeness (QED) is 0.369. The molecule has 0 atom stereocenters. The Kier molecular flexibility index (Phi) is 6.51. The number of carbonyl (C=O) groups is 2. The van der Waals surface area contributed by atoms with E-state index >= 15 is 0 Å². The summed E-state index contributed by atoms with van der Waals surface area (Å²) in [4.78, 5) is 21.5. The highest BCUT2D eigenvalue weighted by molar-refractivity contribution is 5.90. The van der Waals surface area contributed by atoms with Crippen LogP contribution in [0.2, 0.25) is 0 Å². The van der Waals surface area contributed by atoms with Crippen LogP contribution >= 0.6 is 0 Å². The predicted octanol–water partition coefficient (Wildman–Crippen LogP) is 1.64. The zero-order valence-corrected chi connectivity index (χ0v) is 7.95. The zero-order chi connectivity index (χ0) is 10.1. The fraction of sp³-hybridized carbons (Fsp3) is 0.400. The summed E-state index contributed by atoms with van der Waals surface area (Å²) in [5.74, 6) is -0.357. The van der Waals surface area contributed by atoms with E-state index in [2.05, 4.69) is 4.74 Å². The number of esters is 1. The van der Waals surface area contributed by atoms with E-state index in [1.165, 1.54) is 24.3 Å². The van der Waals surface area contributed by atoms with Gasteiger partial charge in [0, 0.05) is 12.5 Å². The van der Waals surface area contributed by atoms with Crippen LogP contribution < -0.4 is 0 Å². The maximum Gasteiger partial charge on any atom is 0.330 e. The molecule has 13 heavy (non-hydrogen) atoms. The highest BCUT2D eigenvalue weighted by Gasteiger charge is 1.90. The molecule has 72 valence electrons. The Balaban J connectivity index is 3.80. The summed E-state index contributed by atoms with van der Waals surface area (Å²) in [5, 5.41) is 0. The lowest BCUT2D eigenvalue weighted by atomic mass is 10.3. The van der Waals surface area contributed by atoms with Crippen LogP contribution in [0.4, 0.5) is 0 Å². The molecule has 0 unspecified atom stereocenters. The molecule has 3 nitrogen and oxygen atoms in total. The van der Waals surface area contributed by atoms with Gasteiger partial charge in [-0.3, -0.25) is 4.79 Å². The first-order chi connectivity index (χ1) is 6.20. The molecule has 0 aliphatic rings. The molecule has 0 spiro atoms. The van der Waals surface area contributed by atoms with Gasteiger partial charge in [0.2, 0.25) is 0 Å². The molecule has 0 rings (SSSR count). The summed E-state index contributed by atoms with van der Waals surface area (Å²) in [6.45, 7) is 3.88. The molecule has 0 aromatic heterocycles. The summed E-state index contributed by atoms with van der Waals surface area (Å²) in [7, 11) is 0. The average molecular weight is 182 g/mol. The smallest absolute Gasteiger partial charge is 0.330 e. The number of hydrogen-bond acceptors (Lipinski definition) is 3. The third kappa shape index (κ3) is 7.00. The van der Waals surface area contributed by atoms with Crippen molar-refractivity contribution in [1.29, 1.82) is 0 Å². The van der Waals surface area contributed by atoms with Crippen molar-refractivity contribution in [2.45, 2.75) is 20.3 Å². The molecular formula is C10H14O3. The largest absolute Gasteiger partial charge is 0.463 e. The summed E-state index contributed by atoms with van der Waals surface area (Å²) < 4.78 is 4.63. The fourth-order valence-electron chi connectivity index (χ4n) is 0.605. The van der Waals surface area contributed by atoms with E-state index in [0.717, 1.165) is 0 Å². The van der Waals surface area contributed by atoms with Crippen LogP contribution in [-0.2, 0) is 14.3 Å². The SMILES string of the molecule is CCOC(=O)/C=C/C=C/C(=O)CC. The van der Waals surface area contributed by atoms with Gasteiger partial charge < -0.3 is 4.74 Å². The second-order valence-corrected chi connectivity index (χ2v) is 2.29. The lowest BCUT2D eigenvalue weighted by Crippen LogP contribution is -1.98. The molecule has 0 saturated carbocycles. The Morgan fingerprint density at radius 2 is 1.77 bits per heavy atom. The molecule has 0 N–H and O–H groups in total. The third-order valence-corrected chi connectivity index (χ3v) is 1.26. The molecule has 0 amide bonds. The van der Waals surface area contributed by atoms with E-state index in [1.54, 1.807) is 13.8 Å². The maximum atomic E-state index is 10.7. The van der Waals surface area contributed by atoms with Crippen molar-refractivity contribution in [3.63, 3.8) is 0 Å². The standard InChI is InChI=1S/C10H14O3/c1-3-9(11)7-5-6-8-10(12)13-4-2/h5-8H,3-4H2,1-2H3/b7-5+,8-6+. The molecule has 0 radical (unpaired) electrons. The monoisotopic (exact) mass is 182 g/mol. The van der Waals surface area contributed by atoms with Crippen molar-refractivity contribution < 1.29 is 14.3 Å². The van der Waals surface area contributed by atoms with Crippen molar-refractivity contribution in [2.75, 3.05) is 6.61 Å². The van der Waals surface area contributed by atoms with E-state index in [0.29, 0.717) is 13.0 Å². The first kappa shape index (κ1) is 11.6. The predicted molar refractivity (Wildman–Crippen MR) is 50.2 cm³/mol. The van der Waals surface area contributed by atoms with Crippen molar-refractivity contribution >= 4 is 11.8 Å². The van der Waals surface area contributed by atoms with Gasteiger partial charge >= 0.3 is 5.97 Å². The normalized spacial score (nSPS) is 10.9. The van der Waals surface area contributed by atoms with E-state index in [9.17, 15) is 9.59 Å². The summed E-state index contributed by atoms with van der Waals surface area (Å²) in [6.07, 6.45) is 6.21. The van der Waals surface area contributed by atoms with Crippen molar-refractivity contribution in [2.24, 2.45) is 0 Å². The first-order valence-electron chi connectivity index (χ1n) is 4.25. The van der Waals surface area contributed by atoms with Crippen LogP contribution in [-0.4, -0.2) is 18.4 Å². The maximum absolute atomic E-state index is 10.7. The van der Waals surface area contributed by atoms with E-state index in [-0.39, 0.29) is 5.78 Å². The summed E-state index contributed by atoms with van der Waals surface area (Å²) >= 11 is 0. The van der Waals surface area contributed by atoms with Crippen LogP contribution in [0, 0.1) is 0 Å². The van der Waals surface area contributed by atoms with Crippen molar-refractivity contribution in [3.8, 4) is 0 Å². The van der Waals surface area contributed by atoms with E-state index < -0.39 is 5.97 Å². The van der Waals surface area contributed by atoms with Gasteiger partial charge in [0.05, 0.1) is 6.61 Å². The van der Waals surface area contributed by atoms with Crippen LogP contribution in [0.1, 0.15) is 20.3 Å². The lowest BCUT2D eigenvalue weighted by molar-refractivity contribution is -0.137. The Labute approximate surface area is 78.1 Å². The Bertz CT molecular complexity index is 226. The number of hydrogen-bond donors (Lipinski definition) is 0. The summed E-state index contributed by atoms with van der Waals surface area (Å²) in [5.41, 5.74) is 0. The molecule has 0 bridgehead atoms. The Morgan fingerprint density at radius 1 is 1.15 bits per heavy atom. The number of carbonyl (C=O) groups excluding carboxylic acids is 2. The summed E-state index contributed by atoms with van der Waals surface area (Å²) in [6, 6.07) is 0. The van der Waals surface area contributed by atoms with Gasteiger partial charge in [0.1, 0.15) is 0 Å². The average Bonchev–Trinajstić information content (AvgIpc) is 2.12. The number of rotatable bonds is 5. The molecule has 0 saturated heterocycles. The van der Waals surface area contributed by atoms with Gasteiger partial charge in [0.15, 0.2) is 5.78 Å². The molecule has 0 heterocycles. The van der Waals surface area contributed by atoms with Gasteiger partial charge in [-0.1, -0.05) is 19.1 Å². The number of ether oxygens (including phenoxy) is 1. The van der Waals surface area contributed by atoms with Crippen molar-refractivity contribution in [1.82, 2.24) is 0 Å². The Hall–Kier alpha value is -1.38. The van der Waals surface area contributed by atoms with Crippen LogP contribution in [0.25, 0.3) is 0 Å². The second-order valence-electron chi connectivity index (χ2n) is 2.29. The Morgan fingerprint density at radius 3 is 2.31 bits per heavy atom. The van der Waals surface area contributed by atoms with Crippen LogP contribution in [0.15, 0.2) is 24.3 Å². The highest BCUT2D eigenvalue weighted by Crippen LogP contribution is 1.86. The van der Waals surface area contributed by atoms with Gasteiger partial charge in [-0.2, -0.15) is 0 Å². The first-order valence-corrected chi connectivity index (χ1v) is 4.25. The number of ketones is 1. The third-order valence-electron chi connectivity index (χ3n) is 1.26. The van der Waals surface area contributed by atoms with E-state index in [4.69, 9.17) is 0 Å². The van der Waals surface area contributed by atoms with Crippen LogP contribution in [0.5, 0.6) is 0 Å². The second kappa shape index (κ2) is 7.28. The molecule has 0 aromatic carbocycles. The minimum Gasteiger partial charge on any atom is -0.463 e. The van der Waals surface area contributed by atoms with Crippen LogP contribution in [0.3, 0.4) is 0 Å². The molecule has 3 heteroatoms. The fourth-order valence-corrected chi connectivity index (χ4v) is 0.605.